The smallest absolute Gasteiger partial charge is 0.269 e. The average molecular weight is 311 g/mol. The van der Waals surface area contributed by atoms with Gasteiger partial charge in [-0.05, 0) is 48.6 Å². The van der Waals surface area contributed by atoms with Crippen molar-refractivity contribution in [2.75, 3.05) is 5.06 Å². The zero-order chi connectivity index (χ0) is 16.0. The average Bonchev–Trinajstić information content (AvgIpc) is 3.00. The topological polar surface area (TPSA) is 88.7 Å². The third-order valence-electron chi connectivity index (χ3n) is 4.39. The van der Waals surface area contributed by atoms with Crippen LogP contribution in [0.5, 0.6) is 11.5 Å². The predicted octanol–water partition coefficient (Wildman–Crippen LogP) is 1.97. The molecule has 2 heterocycles. The van der Waals surface area contributed by atoms with E-state index >= 15 is 0 Å². The molecule has 3 N–H and O–H groups in total. The Morgan fingerprint density at radius 2 is 1.96 bits per heavy atom. The van der Waals surface area contributed by atoms with E-state index in [0.29, 0.717) is 22.8 Å². The monoisotopic (exact) mass is 311 g/mol. The van der Waals surface area contributed by atoms with Gasteiger partial charge in [0, 0.05) is 12.0 Å². The molecule has 1 atom stereocenters. The van der Waals surface area contributed by atoms with E-state index < -0.39 is 11.9 Å². The first kappa shape index (κ1) is 14.2. The van der Waals surface area contributed by atoms with Crippen molar-refractivity contribution in [2.45, 2.75) is 31.7 Å². The largest absolute Gasteiger partial charge is 0.456 e. The van der Waals surface area contributed by atoms with Crippen molar-refractivity contribution < 1.29 is 14.7 Å². The first-order valence-corrected chi connectivity index (χ1v) is 7.69. The predicted molar refractivity (Wildman–Crippen MR) is 83.7 cm³/mol. The third kappa shape index (κ3) is 2.46. The molecule has 0 saturated carbocycles. The summed E-state index contributed by atoms with van der Waals surface area (Å²) in [6.07, 6.45) is 5.25. The van der Waals surface area contributed by atoms with Crippen molar-refractivity contribution >= 4 is 11.7 Å². The van der Waals surface area contributed by atoms with Crippen molar-refractivity contribution in [1.29, 1.82) is 0 Å². The number of carbonyl (C=O) groups is 1. The molecule has 0 spiro atoms. The van der Waals surface area contributed by atoms with Gasteiger partial charge in [0.05, 0.1) is 12.2 Å². The maximum atomic E-state index is 11.7. The Morgan fingerprint density at radius 1 is 1.17 bits per heavy atom. The summed E-state index contributed by atoms with van der Waals surface area (Å²) in [7, 11) is 0. The molecule has 0 unspecified atom stereocenters. The number of benzene rings is 1. The van der Waals surface area contributed by atoms with E-state index in [-0.39, 0.29) is 5.82 Å². The summed E-state index contributed by atoms with van der Waals surface area (Å²) in [6, 6.07) is 7.13. The fourth-order valence-electron chi connectivity index (χ4n) is 3.21. The number of hydrogen-bond acceptors (Lipinski definition) is 5. The number of fused-ring (bicyclic) bond motifs is 2. The maximum Gasteiger partial charge on any atom is 0.269 e. The Morgan fingerprint density at radius 3 is 2.83 bits per heavy atom. The summed E-state index contributed by atoms with van der Waals surface area (Å²) in [5.74, 6) is 1.01. The summed E-state index contributed by atoms with van der Waals surface area (Å²) in [6.45, 7) is 0. The van der Waals surface area contributed by atoms with Crippen LogP contribution < -0.4 is 15.5 Å². The molecule has 6 heteroatoms. The second-order valence-electron chi connectivity index (χ2n) is 6.00. The van der Waals surface area contributed by atoms with Gasteiger partial charge in [-0.2, -0.15) is 5.06 Å². The lowest BCUT2D eigenvalue weighted by Gasteiger charge is -2.26. The molecule has 4 rings (SSSR count). The minimum Gasteiger partial charge on any atom is -0.456 e. The number of rotatable bonds is 2. The number of amides is 1. The van der Waals surface area contributed by atoms with Crippen molar-refractivity contribution in [2.24, 2.45) is 5.73 Å². The number of anilines is 1. The lowest BCUT2D eigenvalue weighted by Crippen LogP contribution is -2.47. The van der Waals surface area contributed by atoms with Crippen LogP contribution >= 0.6 is 0 Å². The van der Waals surface area contributed by atoms with E-state index in [4.69, 9.17) is 10.5 Å². The molecule has 1 aliphatic carbocycles. The van der Waals surface area contributed by atoms with Crippen molar-refractivity contribution in [3.05, 3.63) is 47.2 Å². The number of ether oxygens (including phenoxy) is 1. The molecule has 1 amide bonds. The Labute approximate surface area is 133 Å². The van der Waals surface area contributed by atoms with Gasteiger partial charge in [-0.15, -0.1) is 0 Å². The molecule has 2 aliphatic rings. The molecular weight excluding hydrogens is 294 g/mol. The fraction of sp³-hybridized carbons (Fsp3) is 0.294. The van der Waals surface area contributed by atoms with Gasteiger partial charge in [0.2, 0.25) is 0 Å². The van der Waals surface area contributed by atoms with Gasteiger partial charge in [-0.25, -0.2) is 4.98 Å². The minimum atomic E-state index is -0.760. The first-order valence-electron chi connectivity index (χ1n) is 7.69. The first-order chi connectivity index (χ1) is 11.1. The molecule has 118 valence electrons. The molecule has 23 heavy (non-hydrogen) atoms. The highest BCUT2D eigenvalue weighted by molar-refractivity contribution is 5.97. The lowest BCUT2D eigenvalue weighted by molar-refractivity contribution is -0.125. The van der Waals surface area contributed by atoms with Crippen LogP contribution in [0.15, 0.2) is 30.5 Å². The SMILES string of the molecule is N[C@H]1Cc2cc(Oc3ccc4c(c3)CCC4)cnc2N(O)C1=O. The summed E-state index contributed by atoms with van der Waals surface area (Å²) in [4.78, 5) is 15.8. The number of nitrogens with zero attached hydrogens (tertiary/aromatic N) is 2. The number of hydrogen-bond donors (Lipinski definition) is 2. The number of aryl methyl sites for hydroxylation is 2. The zero-order valence-corrected chi connectivity index (χ0v) is 12.5. The highest BCUT2D eigenvalue weighted by Gasteiger charge is 2.31. The Bertz CT molecular complexity index is 791. The molecule has 2 aromatic rings. The van der Waals surface area contributed by atoms with Gasteiger partial charge in [-0.1, -0.05) is 6.07 Å². The molecule has 1 aromatic heterocycles. The summed E-state index contributed by atoms with van der Waals surface area (Å²) in [5, 5.41) is 10.3. The summed E-state index contributed by atoms with van der Waals surface area (Å²) >= 11 is 0. The third-order valence-corrected chi connectivity index (χ3v) is 4.39. The normalized spacial score (nSPS) is 19.5. The van der Waals surface area contributed by atoms with Gasteiger partial charge in [-0.3, -0.25) is 10.0 Å². The second-order valence-corrected chi connectivity index (χ2v) is 6.00. The van der Waals surface area contributed by atoms with E-state index in [0.717, 1.165) is 18.6 Å². The quantitative estimate of drug-likeness (QED) is 0.828. The van der Waals surface area contributed by atoms with Gasteiger partial charge < -0.3 is 10.5 Å². The van der Waals surface area contributed by atoms with E-state index in [9.17, 15) is 10.0 Å². The number of aromatic nitrogens is 1. The number of nitrogens with two attached hydrogens (primary N) is 1. The molecule has 0 radical (unpaired) electrons. The number of carbonyl (C=O) groups excluding carboxylic acids is 1. The Balaban J connectivity index is 1.61. The van der Waals surface area contributed by atoms with E-state index in [1.54, 1.807) is 6.07 Å². The number of pyridine rings is 1. The van der Waals surface area contributed by atoms with Crippen LogP contribution in [-0.2, 0) is 24.1 Å². The summed E-state index contributed by atoms with van der Waals surface area (Å²) in [5.41, 5.74) is 9.15. The van der Waals surface area contributed by atoms with E-state index in [1.165, 1.54) is 23.7 Å². The van der Waals surface area contributed by atoms with Crippen LogP contribution in [0.2, 0.25) is 0 Å². The zero-order valence-electron chi connectivity index (χ0n) is 12.5. The highest BCUT2D eigenvalue weighted by atomic mass is 16.5. The van der Waals surface area contributed by atoms with Gasteiger partial charge in [0.1, 0.15) is 11.5 Å². The minimum absolute atomic E-state index is 0.220. The van der Waals surface area contributed by atoms with Gasteiger partial charge in [0.15, 0.2) is 5.82 Å². The van der Waals surface area contributed by atoms with Crippen molar-refractivity contribution in [1.82, 2.24) is 4.98 Å². The van der Waals surface area contributed by atoms with Crippen LogP contribution in [0.4, 0.5) is 5.82 Å². The molecule has 1 aliphatic heterocycles. The van der Waals surface area contributed by atoms with Gasteiger partial charge in [0.25, 0.3) is 5.91 Å². The molecule has 1 aromatic carbocycles. The molecule has 6 nitrogen and oxygen atoms in total. The molecule has 0 fully saturated rings. The standard InChI is InChI=1S/C17H17N3O3/c18-15-8-12-7-14(9-19-16(12)20(22)17(15)21)23-13-5-4-10-2-1-3-11(10)6-13/h4-7,9,15,22H,1-3,8,18H2/t15-/m0/s1. The van der Waals surface area contributed by atoms with Crippen LogP contribution in [0, 0.1) is 0 Å². The van der Waals surface area contributed by atoms with Crippen molar-refractivity contribution in [3.63, 3.8) is 0 Å². The maximum absolute atomic E-state index is 11.7. The Kier molecular flexibility index (Phi) is 3.28. The van der Waals surface area contributed by atoms with Crippen LogP contribution in [0.1, 0.15) is 23.1 Å². The molecule has 0 saturated heterocycles. The molecular formula is C17H17N3O3. The molecule has 0 bridgehead atoms. The Hall–Kier alpha value is -2.44. The van der Waals surface area contributed by atoms with E-state index in [1.807, 2.05) is 6.07 Å². The second kappa shape index (κ2) is 5.33. The fourth-order valence-corrected chi connectivity index (χ4v) is 3.21. The number of hydroxylamine groups is 1. The van der Waals surface area contributed by atoms with Crippen LogP contribution in [-0.4, -0.2) is 22.1 Å². The van der Waals surface area contributed by atoms with Crippen molar-refractivity contribution in [3.8, 4) is 11.5 Å². The summed E-state index contributed by atoms with van der Waals surface area (Å²) < 4.78 is 5.88. The van der Waals surface area contributed by atoms with Crippen LogP contribution in [0.25, 0.3) is 0 Å². The highest BCUT2D eigenvalue weighted by Crippen LogP contribution is 2.31. The van der Waals surface area contributed by atoms with E-state index in [2.05, 4.69) is 17.1 Å². The van der Waals surface area contributed by atoms with Crippen LogP contribution in [0.3, 0.4) is 0 Å². The lowest BCUT2D eigenvalue weighted by atomic mass is 10.0. The van der Waals surface area contributed by atoms with Gasteiger partial charge >= 0.3 is 0 Å².